The Balaban J connectivity index is 1.47. The SMILES string of the molecule is CCOC(=O)N1CCC(NC(=NC)NCc2cc3ccccc3[nH]2)CC1. The van der Waals surface area contributed by atoms with Crippen molar-refractivity contribution in [2.24, 2.45) is 4.99 Å². The van der Waals surface area contributed by atoms with Crippen LogP contribution < -0.4 is 10.6 Å². The second-order valence-electron chi connectivity index (χ2n) is 6.41. The van der Waals surface area contributed by atoms with Crippen LogP contribution in [0.15, 0.2) is 35.3 Å². The van der Waals surface area contributed by atoms with Crippen LogP contribution >= 0.6 is 0 Å². The molecule has 0 saturated carbocycles. The lowest BCUT2D eigenvalue weighted by atomic mass is 10.1. The van der Waals surface area contributed by atoms with Crippen molar-refractivity contribution >= 4 is 23.0 Å². The van der Waals surface area contributed by atoms with Crippen LogP contribution in [0.5, 0.6) is 0 Å². The molecule has 3 N–H and O–H groups in total. The molecule has 140 valence electrons. The molecular formula is C19H27N5O2. The molecule has 26 heavy (non-hydrogen) atoms. The summed E-state index contributed by atoms with van der Waals surface area (Å²) in [6.07, 6.45) is 1.55. The molecule has 1 aromatic heterocycles. The number of fused-ring (bicyclic) bond motifs is 1. The van der Waals surface area contributed by atoms with E-state index in [-0.39, 0.29) is 6.09 Å². The molecule has 2 heterocycles. The van der Waals surface area contributed by atoms with E-state index in [0.717, 1.165) is 30.0 Å². The van der Waals surface area contributed by atoms with Gasteiger partial charge in [0.1, 0.15) is 0 Å². The van der Waals surface area contributed by atoms with Gasteiger partial charge in [-0.3, -0.25) is 4.99 Å². The van der Waals surface area contributed by atoms with Gasteiger partial charge in [0.05, 0.1) is 13.2 Å². The molecule has 1 fully saturated rings. The standard InChI is InChI=1S/C19H27N5O2/c1-3-26-19(25)24-10-8-15(9-11-24)23-18(20-2)21-13-16-12-14-6-4-5-7-17(14)22-16/h4-7,12,15,22H,3,8-11,13H2,1-2H3,(H2,20,21,23). The number of likely N-dealkylation sites (tertiary alicyclic amines) is 1. The van der Waals surface area contributed by atoms with E-state index in [9.17, 15) is 4.79 Å². The number of ether oxygens (including phenoxy) is 1. The molecule has 1 aliphatic rings. The van der Waals surface area contributed by atoms with Crippen molar-refractivity contribution in [3.8, 4) is 0 Å². The van der Waals surface area contributed by atoms with Crippen molar-refractivity contribution in [1.29, 1.82) is 0 Å². The third kappa shape index (κ3) is 4.47. The molecule has 7 heteroatoms. The third-order valence-electron chi connectivity index (χ3n) is 4.62. The Bertz CT molecular complexity index is 729. The molecule has 0 spiro atoms. The summed E-state index contributed by atoms with van der Waals surface area (Å²) in [5, 5.41) is 8.00. The minimum absolute atomic E-state index is 0.215. The molecule has 1 saturated heterocycles. The third-order valence-corrected chi connectivity index (χ3v) is 4.62. The summed E-state index contributed by atoms with van der Waals surface area (Å²) in [6.45, 7) is 4.33. The average molecular weight is 357 g/mol. The predicted molar refractivity (Wildman–Crippen MR) is 103 cm³/mol. The fourth-order valence-corrected chi connectivity index (χ4v) is 3.22. The van der Waals surface area contributed by atoms with Crippen molar-refractivity contribution in [2.75, 3.05) is 26.7 Å². The number of guanidine groups is 1. The molecule has 2 aromatic rings. The van der Waals surface area contributed by atoms with Crippen LogP contribution in [0.4, 0.5) is 4.79 Å². The fourth-order valence-electron chi connectivity index (χ4n) is 3.22. The van der Waals surface area contributed by atoms with Crippen LogP contribution in [-0.2, 0) is 11.3 Å². The van der Waals surface area contributed by atoms with Crippen molar-refractivity contribution in [2.45, 2.75) is 32.4 Å². The van der Waals surface area contributed by atoms with E-state index >= 15 is 0 Å². The maximum Gasteiger partial charge on any atom is 0.409 e. The Labute approximate surface area is 153 Å². The molecule has 3 rings (SSSR count). The van der Waals surface area contributed by atoms with Crippen LogP contribution in [0.3, 0.4) is 0 Å². The number of H-pyrrole nitrogens is 1. The van der Waals surface area contributed by atoms with Crippen molar-refractivity contribution in [3.63, 3.8) is 0 Å². The van der Waals surface area contributed by atoms with Gasteiger partial charge >= 0.3 is 6.09 Å². The number of carbonyl (C=O) groups is 1. The van der Waals surface area contributed by atoms with E-state index in [2.05, 4.69) is 38.8 Å². The maximum atomic E-state index is 11.8. The van der Waals surface area contributed by atoms with E-state index in [1.54, 1.807) is 11.9 Å². The second-order valence-corrected chi connectivity index (χ2v) is 6.41. The number of carbonyl (C=O) groups excluding carboxylic acids is 1. The zero-order chi connectivity index (χ0) is 18.4. The predicted octanol–water partition coefficient (Wildman–Crippen LogP) is 2.45. The maximum absolute atomic E-state index is 11.8. The Kier molecular flexibility index (Phi) is 5.99. The lowest BCUT2D eigenvalue weighted by Gasteiger charge is -2.32. The van der Waals surface area contributed by atoms with Gasteiger partial charge in [0, 0.05) is 37.4 Å². The van der Waals surface area contributed by atoms with E-state index < -0.39 is 0 Å². The van der Waals surface area contributed by atoms with Gasteiger partial charge in [-0.2, -0.15) is 0 Å². The molecule has 0 aliphatic carbocycles. The molecule has 7 nitrogen and oxygen atoms in total. The van der Waals surface area contributed by atoms with E-state index in [4.69, 9.17) is 4.74 Å². The number of rotatable bonds is 4. The first-order valence-corrected chi connectivity index (χ1v) is 9.15. The number of nitrogens with zero attached hydrogens (tertiary/aromatic N) is 2. The summed E-state index contributed by atoms with van der Waals surface area (Å²) < 4.78 is 5.06. The average Bonchev–Trinajstić information content (AvgIpc) is 3.08. The monoisotopic (exact) mass is 357 g/mol. The first kappa shape index (κ1) is 18.1. The van der Waals surface area contributed by atoms with Crippen LogP contribution in [0.1, 0.15) is 25.5 Å². The minimum atomic E-state index is -0.215. The van der Waals surface area contributed by atoms with Gasteiger partial charge in [0.25, 0.3) is 0 Å². The van der Waals surface area contributed by atoms with Crippen molar-refractivity contribution in [1.82, 2.24) is 20.5 Å². The van der Waals surface area contributed by atoms with E-state index in [0.29, 0.717) is 32.3 Å². The van der Waals surface area contributed by atoms with Gasteiger partial charge in [-0.25, -0.2) is 4.79 Å². The largest absolute Gasteiger partial charge is 0.450 e. The number of piperidine rings is 1. The molecule has 1 amide bonds. The van der Waals surface area contributed by atoms with Gasteiger partial charge in [-0.1, -0.05) is 18.2 Å². The number of nitrogens with one attached hydrogen (secondary N) is 3. The number of hydrogen-bond donors (Lipinski definition) is 3. The van der Waals surface area contributed by atoms with E-state index in [1.165, 1.54) is 5.39 Å². The minimum Gasteiger partial charge on any atom is -0.450 e. The fraction of sp³-hybridized carbons (Fsp3) is 0.474. The van der Waals surface area contributed by atoms with Gasteiger partial charge < -0.3 is 25.3 Å². The van der Waals surface area contributed by atoms with Crippen molar-refractivity contribution < 1.29 is 9.53 Å². The normalized spacial score (nSPS) is 15.9. The number of aromatic nitrogens is 1. The zero-order valence-corrected chi connectivity index (χ0v) is 15.4. The van der Waals surface area contributed by atoms with Crippen LogP contribution in [0, 0.1) is 0 Å². The summed E-state index contributed by atoms with van der Waals surface area (Å²) in [6, 6.07) is 10.7. The van der Waals surface area contributed by atoms with Gasteiger partial charge in [-0.05, 0) is 37.3 Å². The number of benzene rings is 1. The van der Waals surface area contributed by atoms with Gasteiger partial charge in [-0.15, -0.1) is 0 Å². The first-order chi connectivity index (χ1) is 12.7. The highest BCUT2D eigenvalue weighted by atomic mass is 16.6. The summed E-state index contributed by atoms with van der Waals surface area (Å²) >= 11 is 0. The second kappa shape index (κ2) is 8.60. The molecular weight excluding hydrogens is 330 g/mol. The highest BCUT2D eigenvalue weighted by molar-refractivity contribution is 5.82. The van der Waals surface area contributed by atoms with Gasteiger partial charge in [0.2, 0.25) is 0 Å². The molecule has 1 aliphatic heterocycles. The molecule has 0 bridgehead atoms. The zero-order valence-electron chi connectivity index (χ0n) is 15.4. The highest BCUT2D eigenvalue weighted by Crippen LogP contribution is 2.14. The van der Waals surface area contributed by atoms with Crippen LogP contribution in [-0.4, -0.2) is 54.7 Å². The lowest BCUT2D eigenvalue weighted by Crippen LogP contribution is -2.49. The summed E-state index contributed by atoms with van der Waals surface area (Å²) in [5.41, 5.74) is 2.25. The highest BCUT2D eigenvalue weighted by Gasteiger charge is 2.24. The Morgan fingerprint density at radius 2 is 2.12 bits per heavy atom. The number of amides is 1. The molecule has 0 radical (unpaired) electrons. The van der Waals surface area contributed by atoms with Crippen LogP contribution in [0.2, 0.25) is 0 Å². The van der Waals surface area contributed by atoms with Gasteiger partial charge in [0.15, 0.2) is 5.96 Å². The Hall–Kier alpha value is -2.70. The molecule has 0 atom stereocenters. The number of aliphatic imine (C=N–C) groups is 1. The van der Waals surface area contributed by atoms with E-state index in [1.807, 2.05) is 19.1 Å². The Morgan fingerprint density at radius 1 is 1.35 bits per heavy atom. The Morgan fingerprint density at radius 3 is 2.81 bits per heavy atom. The number of para-hydroxylation sites is 1. The topological polar surface area (TPSA) is 81.8 Å². The summed E-state index contributed by atoms with van der Waals surface area (Å²) in [4.78, 5) is 21.2. The van der Waals surface area contributed by atoms with Crippen molar-refractivity contribution in [3.05, 3.63) is 36.0 Å². The van der Waals surface area contributed by atoms with Crippen LogP contribution in [0.25, 0.3) is 10.9 Å². The molecule has 1 aromatic carbocycles. The smallest absolute Gasteiger partial charge is 0.409 e. The quantitative estimate of drug-likeness (QED) is 0.580. The lowest BCUT2D eigenvalue weighted by molar-refractivity contribution is 0.0963. The molecule has 0 unspecified atom stereocenters. The summed E-state index contributed by atoms with van der Waals surface area (Å²) in [7, 11) is 1.77. The number of hydrogen-bond acceptors (Lipinski definition) is 3. The summed E-state index contributed by atoms with van der Waals surface area (Å²) in [5.74, 6) is 0.776. The number of aromatic amines is 1. The first-order valence-electron chi connectivity index (χ1n) is 9.15.